The van der Waals surface area contributed by atoms with E-state index >= 15 is 0 Å². The lowest BCUT2D eigenvalue weighted by atomic mass is 10.3. The second-order valence-electron chi connectivity index (χ2n) is 6.87. The zero-order valence-electron chi connectivity index (χ0n) is 15.5. The SMILES string of the molecule is O=C(CCS(=O)(=O)c1ccccc1)N1Cc2cnc(N3CCOCC3)nc2C1. The van der Waals surface area contributed by atoms with Gasteiger partial charge in [0.1, 0.15) is 0 Å². The Morgan fingerprint density at radius 3 is 2.61 bits per heavy atom. The molecule has 28 heavy (non-hydrogen) atoms. The fraction of sp³-hybridized carbons (Fsp3) is 0.421. The van der Waals surface area contributed by atoms with Gasteiger partial charge in [-0.25, -0.2) is 18.4 Å². The number of morpholine rings is 1. The monoisotopic (exact) mass is 402 g/mol. The van der Waals surface area contributed by atoms with Crippen molar-refractivity contribution in [2.45, 2.75) is 24.4 Å². The van der Waals surface area contributed by atoms with E-state index in [0.29, 0.717) is 32.3 Å². The molecule has 0 unspecified atom stereocenters. The van der Waals surface area contributed by atoms with Crippen LogP contribution in [0.25, 0.3) is 0 Å². The van der Waals surface area contributed by atoms with Crippen molar-refractivity contribution in [1.82, 2.24) is 14.9 Å². The average molecular weight is 402 g/mol. The van der Waals surface area contributed by atoms with Crippen molar-refractivity contribution >= 4 is 21.7 Å². The summed E-state index contributed by atoms with van der Waals surface area (Å²) in [5.74, 6) is 0.265. The van der Waals surface area contributed by atoms with Gasteiger partial charge in [-0.2, -0.15) is 0 Å². The summed E-state index contributed by atoms with van der Waals surface area (Å²) >= 11 is 0. The van der Waals surface area contributed by atoms with Crippen LogP contribution in [0, 0.1) is 0 Å². The maximum atomic E-state index is 12.6. The number of benzene rings is 1. The van der Waals surface area contributed by atoms with Crippen molar-refractivity contribution in [2.75, 3.05) is 37.0 Å². The van der Waals surface area contributed by atoms with Crippen LogP contribution in [0.5, 0.6) is 0 Å². The molecule has 0 aliphatic carbocycles. The summed E-state index contributed by atoms with van der Waals surface area (Å²) < 4.78 is 30.1. The number of hydrogen-bond donors (Lipinski definition) is 0. The van der Waals surface area contributed by atoms with E-state index in [-0.39, 0.29) is 23.0 Å². The minimum atomic E-state index is -3.47. The van der Waals surface area contributed by atoms with Crippen LogP contribution in [0.1, 0.15) is 17.7 Å². The highest BCUT2D eigenvalue weighted by molar-refractivity contribution is 7.91. The fourth-order valence-corrected chi connectivity index (χ4v) is 4.61. The molecule has 0 bridgehead atoms. The lowest BCUT2D eigenvalue weighted by Gasteiger charge is -2.26. The van der Waals surface area contributed by atoms with Crippen LogP contribution < -0.4 is 4.90 Å². The Bertz CT molecular complexity index is 959. The molecular formula is C19H22N4O4S. The van der Waals surface area contributed by atoms with Crippen molar-refractivity contribution in [1.29, 1.82) is 0 Å². The third-order valence-corrected chi connectivity index (χ3v) is 6.71. The van der Waals surface area contributed by atoms with E-state index in [1.165, 1.54) is 0 Å². The summed E-state index contributed by atoms with van der Waals surface area (Å²) in [4.78, 5) is 25.6. The number of ether oxygens (including phenoxy) is 1. The van der Waals surface area contributed by atoms with Gasteiger partial charge in [0.2, 0.25) is 11.9 Å². The lowest BCUT2D eigenvalue weighted by Crippen LogP contribution is -2.37. The van der Waals surface area contributed by atoms with Gasteiger partial charge in [-0.1, -0.05) is 18.2 Å². The molecule has 1 saturated heterocycles. The molecule has 2 aromatic rings. The topological polar surface area (TPSA) is 92.7 Å². The summed E-state index contributed by atoms with van der Waals surface area (Å²) in [5, 5.41) is 0. The van der Waals surface area contributed by atoms with Crippen LogP contribution in [0.3, 0.4) is 0 Å². The minimum absolute atomic E-state index is 0.0467. The Kier molecular flexibility index (Phi) is 5.27. The Balaban J connectivity index is 1.38. The maximum absolute atomic E-state index is 12.6. The van der Waals surface area contributed by atoms with Gasteiger partial charge < -0.3 is 14.5 Å². The summed E-state index contributed by atoms with van der Waals surface area (Å²) in [6, 6.07) is 8.22. The van der Waals surface area contributed by atoms with Gasteiger partial charge in [0.25, 0.3) is 0 Å². The van der Waals surface area contributed by atoms with Gasteiger partial charge in [-0.15, -0.1) is 0 Å². The number of aromatic nitrogens is 2. The van der Waals surface area contributed by atoms with Crippen LogP contribution in [0.15, 0.2) is 41.4 Å². The molecule has 2 aliphatic heterocycles. The number of carbonyl (C=O) groups excluding carboxylic acids is 1. The lowest BCUT2D eigenvalue weighted by molar-refractivity contribution is -0.131. The number of amides is 1. The minimum Gasteiger partial charge on any atom is -0.378 e. The van der Waals surface area contributed by atoms with Crippen molar-refractivity contribution in [3.05, 3.63) is 47.8 Å². The van der Waals surface area contributed by atoms with Gasteiger partial charge in [0, 0.05) is 37.8 Å². The third-order valence-electron chi connectivity index (χ3n) is 4.98. The number of anilines is 1. The third kappa shape index (κ3) is 4.00. The molecule has 3 heterocycles. The summed E-state index contributed by atoms with van der Waals surface area (Å²) in [5.41, 5.74) is 1.74. The maximum Gasteiger partial charge on any atom is 0.225 e. The van der Waals surface area contributed by atoms with Crippen LogP contribution in [-0.2, 0) is 32.5 Å². The first-order valence-electron chi connectivity index (χ1n) is 9.26. The molecule has 0 saturated carbocycles. The predicted molar refractivity (Wildman–Crippen MR) is 102 cm³/mol. The molecule has 2 aliphatic rings. The molecule has 1 amide bonds. The number of hydrogen-bond acceptors (Lipinski definition) is 7. The summed E-state index contributed by atoms with van der Waals surface area (Å²) in [6.45, 7) is 3.61. The van der Waals surface area contributed by atoms with Crippen LogP contribution in [0.2, 0.25) is 0 Å². The number of carbonyl (C=O) groups is 1. The van der Waals surface area contributed by atoms with E-state index in [2.05, 4.69) is 14.9 Å². The second-order valence-corrected chi connectivity index (χ2v) is 8.98. The van der Waals surface area contributed by atoms with E-state index in [1.807, 2.05) is 0 Å². The quantitative estimate of drug-likeness (QED) is 0.737. The molecular weight excluding hydrogens is 380 g/mol. The Labute approximate surface area is 164 Å². The van der Waals surface area contributed by atoms with Crippen LogP contribution in [-0.4, -0.2) is 61.2 Å². The van der Waals surface area contributed by atoms with Crippen molar-refractivity contribution in [3.8, 4) is 0 Å². The van der Waals surface area contributed by atoms with Gasteiger partial charge in [0.15, 0.2) is 9.84 Å². The van der Waals surface area contributed by atoms with Gasteiger partial charge in [-0.05, 0) is 12.1 Å². The van der Waals surface area contributed by atoms with E-state index in [1.54, 1.807) is 41.4 Å². The smallest absolute Gasteiger partial charge is 0.225 e. The van der Waals surface area contributed by atoms with Gasteiger partial charge >= 0.3 is 0 Å². The normalized spacial score (nSPS) is 16.9. The van der Waals surface area contributed by atoms with Crippen molar-refractivity contribution in [3.63, 3.8) is 0 Å². The Morgan fingerprint density at radius 1 is 1.11 bits per heavy atom. The van der Waals surface area contributed by atoms with E-state index in [4.69, 9.17) is 4.74 Å². The first kappa shape index (κ1) is 18.8. The molecule has 1 aromatic carbocycles. The highest BCUT2D eigenvalue weighted by Crippen LogP contribution is 2.24. The zero-order valence-corrected chi connectivity index (χ0v) is 16.3. The van der Waals surface area contributed by atoms with E-state index in [0.717, 1.165) is 24.3 Å². The molecule has 4 rings (SSSR count). The number of rotatable bonds is 5. The van der Waals surface area contributed by atoms with Crippen molar-refractivity contribution in [2.24, 2.45) is 0 Å². The molecule has 148 valence electrons. The molecule has 0 atom stereocenters. The number of fused-ring (bicyclic) bond motifs is 1. The standard InChI is InChI=1S/C19H22N4O4S/c24-18(6-11-28(25,26)16-4-2-1-3-5-16)23-13-15-12-20-19(21-17(15)14-23)22-7-9-27-10-8-22/h1-5,12H,6-11,13-14H2. The Hall–Kier alpha value is -2.52. The highest BCUT2D eigenvalue weighted by Gasteiger charge is 2.27. The summed E-state index contributed by atoms with van der Waals surface area (Å²) in [7, 11) is -3.47. The summed E-state index contributed by atoms with van der Waals surface area (Å²) in [6.07, 6.45) is 1.72. The molecule has 0 spiro atoms. The molecule has 8 nitrogen and oxygen atoms in total. The van der Waals surface area contributed by atoms with Crippen LogP contribution >= 0.6 is 0 Å². The first-order chi connectivity index (χ1) is 13.5. The fourth-order valence-electron chi connectivity index (χ4n) is 3.36. The molecule has 0 radical (unpaired) electrons. The predicted octanol–water partition coefficient (Wildman–Crippen LogP) is 1.02. The van der Waals surface area contributed by atoms with Crippen molar-refractivity contribution < 1.29 is 17.9 Å². The highest BCUT2D eigenvalue weighted by atomic mass is 32.2. The molecule has 1 fully saturated rings. The van der Waals surface area contributed by atoms with Crippen LogP contribution in [0.4, 0.5) is 5.95 Å². The first-order valence-corrected chi connectivity index (χ1v) is 10.9. The van der Waals surface area contributed by atoms with E-state index in [9.17, 15) is 13.2 Å². The number of sulfone groups is 1. The largest absolute Gasteiger partial charge is 0.378 e. The van der Waals surface area contributed by atoms with Gasteiger partial charge in [0.05, 0.1) is 36.1 Å². The molecule has 1 aromatic heterocycles. The number of nitrogens with zero attached hydrogens (tertiary/aromatic N) is 4. The van der Waals surface area contributed by atoms with Gasteiger partial charge in [-0.3, -0.25) is 4.79 Å². The zero-order chi connectivity index (χ0) is 19.6. The average Bonchev–Trinajstić information content (AvgIpc) is 3.17. The Morgan fingerprint density at radius 2 is 1.86 bits per heavy atom. The van der Waals surface area contributed by atoms with E-state index < -0.39 is 9.84 Å². The second kappa shape index (κ2) is 7.84. The molecule has 0 N–H and O–H groups in total. The molecule has 9 heteroatoms.